The lowest BCUT2D eigenvalue weighted by Gasteiger charge is -2.23. The highest BCUT2D eigenvalue weighted by molar-refractivity contribution is 7.07. The number of aliphatic hydroxyl groups is 1. The Morgan fingerprint density at radius 2 is 2.19 bits per heavy atom. The fourth-order valence-electron chi connectivity index (χ4n) is 1.93. The number of aliphatic hydroxyl groups excluding tert-OH is 1. The molecule has 5 heteroatoms. The van der Waals surface area contributed by atoms with Gasteiger partial charge < -0.3 is 15.7 Å². The van der Waals surface area contributed by atoms with E-state index in [1.807, 2.05) is 10.8 Å². The molecule has 4 nitrogen and oxygen atoms in total. The number of carbonyl (C=O) groups is 1. The van der Waals surface area contributed by atoms with E-state index in [2.05, 4.69) is 0 Å². The smallest absolute Gasteiger partial charge is 0.242 e. The van der Waals surface area contributed by atoms with Crippen LogP contribution in [0, 0.1) is 0 Å². The second-order valence-corrected chi connectivity index (χ2v) is 4.84. The SMILES string of the molecule is N[C@H](C(=O)N1CCCC1)[C@H](O)c1ccsc1. The molecule has 0 saturated carbocycles. The third kappa shape index (κ3) is 2.26. The van der Waals surface area contributed by atoms with E-state index in [9.17, 15) is 9.90 Å². The molecule has 1 saturated heterocycles. The van der Waals surface area contributed by atoms with Crippen molar-refractivity contribution < 1.29 is 9.90 Å². The molecule has 0 aliphatic carbocycles. The molecule has 1 aromatic heterocycles. The zero-order chi connectivity index (χ0) is 11.5. The number of nitrogens with two attached hydrogens (primary N) is 1. The number of carbonyl (C=O) groups excluding carboxylic acids is 1. The van der Waals surface area contributed by atoms with Crippen LogP contribution in [0.5, 0.6) is 0 Å². The van der Waals surface area contributed by atoms with Gasteiger partial charge in [0.25, 0.3) is 0 Å². The molecule has 0 bridgehead atoms. The summed E-state index contributed by atoms with van der Waals surface area (Å²) in [5.74, 6) is -0.142. The molecule has 0 radical (unpaired) electrons. The summed E-state index contributed by atoms with van der Waals surface area (Å²) in [5.41, 5.74) is 6.52. The van der Waals surface area contributed by atoms with Crippen LogP contribution in [-0.4, -0.2) is 35.0 Å². The van der Waals surface area contributed by atoms with Gasteiger partial charge in [-0.25, -0.2) is 0 Å². The summed E-state index contributed by atoms with van der Waals surface area (Å²) in [6, 6.07) is 0.958. The number of likely N-dealkylation sites (tertiary alicyclic amines) is 1. The van der Waals surface area contributed by atoms with Gasteiger partial charge in [-0.3, -0.25) is 4.79 Å². The molecule has 88 valence electrons. The summed E-state index contributed by atoms with van der Waals surface area (Å²) in [4.78, 5) is 13.7. The van der Waals surface area contributed by atoms with Crippen LogP contribution in [0.4, 0.5) is 0 Å². The molecular formula is C11H16N2O2S. The van der Waals surface area contributed by atoms with Crippen LogP contribution in [-0.2, 0) is 4.79 Å². The van der Waals surface area contributed by atoms with Crippen molar-refractivity contribution in [1.29, 1.82) is 0 Å². The Hall–Kier alpha value is -0.910. The van der Waals surface area contributed by atoms with Crippen molar-refractivity contribution in [2.24, 2.45) is 5.73 Å². The van der Waals surface area contributed by atoms with Crippen LogP contribution >= 0.6 is 11.3 Å². The van der Waals surface area contributed by atoms with Crippen molar-refractivity contribution >= 4 is 17.2 Å². The topological polar surface area (TPSA) is 66.6 Å². The van der Waals surface area contributed by atoms with Crippen LogP contribution < -0.4 is 5.73 Å². The van der Waals surface area contributed by atoms with Crippen molar-refractivity contribution in [3.63, 3.8) is 0 Å². The molecule has 1 amide bonds. The maximum Gasteiger partial charge on any atom is 0.242 e. The van der Waals surface area contributed by atoms with E-state index in [0.29, 0.717) is 0 Å². The van der Waals surface area contributed by atoms with Crippen molar-refractivity contribution in [3.8, 4) is 0 Å². The first-order chi connectivity index (χ1) is 7.70. The first-order valence-corrected chi connectivity index (χ1v) is 6.39. The van der Waals surface area contributed by atoms with E-state index >= 15 is 0 Å². The van der Waals surface area contributed by atoms with Gasteiger partial charge in [-0.2, -0.15) is 11.3 Å². The number of nitrogens with zero attached hydrogens (tertiary/aromatic N) is 1. The molecule has 1 aromatic rings. The maximum atomic E-state index is 11.9. The normalized spacial score (nSPS) is 19.8. The predicted molar refractivity (Wildman–Crippen MR) is 63.1 cm³/mol. The Morgan fingerprint density at radius 3 is 2.75 bits per heavy atom. The third-order valence-corrected chi connectivity index (χ3v) is 3.63. The van der Waals surface area contributed by atoms with E-state index in [-0.39, 0.29) is 5.91 Å². The Balaban J connectivity index is 2.01. The highest BCUT2D eigenvalue weighted by Gasteiger charge is 2.29. The number of amides is 1. The van der Waals surface area contributed by atoms with Crippen LogP contribution in [0.2, 0.25) is 0 Å². The molecule has 1 aliphatic heterocycles. The quantitative estimate of drug-likeness (QED) is 0.818. The Labute approximate surface area is 98.7 Å². The second kappa shape index (κ2) is 4.95. The fraction of sp³-hybridized carbons (Fsp3) is 0.545. The monoisotopic (exact) mass is 240 g/mol. The number of hydrogen-bond donors (Lipinski definition) is 2. The summed E-state index contributed by atoms with van der Waals surface area (Å²) in [6.07, 6.45) is 1.18. The summed E-state index contributed by atoms with van der Waals surface area (Å²) in [5, 5.41) is 13.6. The highest BCUT2D eigenvalue weighted by Crippen LogP contribution is 2.20. The molecule has 16 heavy (non-hydrogen) atoms. The van der Waals surface area contributed by atoms with Gasteiger partial charge in [0, 0.05) is 13.1 Å². The largest absolute Gasteiger partial charge is 0.386 e. The number of rotatable bonds is 3. The number of thiophene rings is 1. The molecule has 0 aromatic carbocycles. The van der Waals surface area contributed by atoms with Gasteiger partial charge in [0.05, 0.1) is 0 Å². The van der Waals surface area contributed by atoms with Gasteiger partial charge in [-0.15, -0.1) is 0 Å². The first-order valence-electron chi connectivity index (χ1n) is 5.44. The zero-order valence-corrected chi connectivity index (χ0v) is 9.82. The van der Waals surface area contributed by atoms with Crippen LogP contribution in [0.15, 0.2) is 16.8 Å². The average molecular weight is 240 g/mol. The van der Waals surface area contributed by atoms with Crippen molar-refractivity contribution in [2.75, 3.05) is 13.1 Å². The summed E-state index contributed by atoms with van der Waals surface area (Å²) in [7, 11) is 0. The summed E-state index contributed by atoms with van der Waals surface area (Å²) >= 11 is 1.49. The molecular weight excluding hydrogens is 224 g/mol. The van der Waals surface area contributed by atoms with Gasteiger partial charge in [0.2, 0.25) is 5.91 Å². The third-order valence-electron chi connectivity index (χ3n) is 2.93. The van der Waals surface area contributed by atoms with Gasteiger partial charge in [-0.1, -0.05) is 0 Å². The Morgan fingerprint density at radius 1 is 1.50 bits per heavy atom. The van der Waals surface area contributed by atoms with Crippen molar-refractivity contribution in [2.45, 2.75) is 25.0 Å². The lowest BCUT2D eigenvalue weighted by molar-refractivity contribution is -0.134. The lowest BCUT2D eigenvalue weighted by atomic mass is 10.1. The number of hydrogen-bond acceptors (Lipinski definition) is 4. The van der Waals surface area contributed by atoms with Gasteiger partial charge >= 0.3 is 0 Å². The van der Waals surface area contributed by atoms with Gasteiger partial charge in [-0.05, 0) is 35.2 Å². The van der Waals surface area contributed by atoms with E-state index in [1.54, 1.807) is 11.0 Å². The van der Waals surface area contributed by atoms with E-state index < -0.39 is 12.1 Å². The molecule has 2 atom stereocenters. The fourth-order valence-corrected chi connectivity index (χ4v) is 2.62. The van der Waals surface area contributed by atoms with Crippen molar-refractivity contribution in [3.05, 3.63) is 22.4 Å². The molecule has 2 heterocycles. The maximum absolute atomic E-state index is 11.9. The molecule has 1 aliphatic rings. The van der Waals surface area contributed by atoms with Crippen LogP contribution in [0.1, 0.15) is 24.5 Å². The average Bonchev–Trinajstić information content (AvgIpc) is 2.97. The predicted octanol–water partition coefficient (Wildman–Crippen LogP) is 0.731. The van der Waals surface area contributed by atoms with E-state index in [0.717, 1.165) is 31.5 Å². The summed E-state index contributed by atoms with van der Waals surface area (Å²) < 4.78 is 0. The molecule has 1 fully saturated rings. The Kier molecular flexibility index (Phi) is 3.58. The van der Waals surface area contributed by atoms with Crippen LogP contribution in [0.25, 0.3) is 0 Å². The second-order valence-electron chi connectivity index (χ2n) is 4.06. The minimum Gasteiger partial charge on any atom is -0.386 e. The first kappa shape index (κ1) is 11.6. The summed E-state index contributed by atoms with van der Waals surface area (Å²) in [6.45, 7) is 1.53. The minimum atomic E-state index is -0.889. The molecule has 2 rings (SSSR count). The van der Waals surface area contributed by atoms with Gasteiger partial charge in [0.1, 0.15) is 12.1 Å². The zero-order valence-electron chi connectivity index (χ0n) is 9.00. The standard InChI is InChI=1S/C11H16N2O2S/c12-9(10(14)8-3-6-16-7-8)11(15)13-4-1-2-5-13/h3,6-7,9-10,14H,1-2,4-5,12H2/t9-,10+/m0/s1. The minimum absolute atomic E-state index is 0.142. The van der Waals surface area contributed by atoms with E-state index in [1.165, 1.54) is 11.3 Å². The molecule has 0 unspecified atom stereocenters. The van der Waals surface area contributed by atoms with Gasteiger partial charge in [0.15, 0.2) is 0 Å². The highest BCUT2D eigenvalue weighted by atomic mass is 32.1. The lowest BCUT2D eigenvalue weighted by Crippen LogP contribution is -2.45. The van der Waals surface area contributed by atoms with E-state index in [4.69, 9.17) is 5.73 Å². The van der Waals surface area contributed by atoms with Crippen molar-refractivity contribution in [1.82, 2.24) is 4.90 Å². The van der Waals surface area contributed by atoms with Crippen LogP contribution in [0.3, 0.4) is 0 Å². The molecule has 3 N–H and O–H groups in total. The Bertz CT molecular complexity index is 347. The molecule has 0 spiro atoms.